The van der Waals surface area contributed by atoms with Crippen LogP contribution in [0.4, 0.5) is 0 Å². The second-order valence-corrected chi connectivity index (χ2v) is 3.33. The van der Waals surface area contributed by atoms with E-state index in [0.29, 0.717) is 0 Å². The lowest BCUT2D eigenvalue weighted by Crippen LogP contribution is -1.63. The first kappa shape index (κ1) is 13.2. The zero-order valence-corrected chi connectivity index (χ0v) is 10.6. The van der Waals surface area contributed by atoms with Crippen LogP contribution in [0, 0.1) is 6.92 Å². The van der Waals surface area contributed by atoms with Gasteiger partial charge in [-0.1, -0.05) is 45.9 Å². The van der Waals surface area contributed by atoms with Gasteiger partial charge in [-0.25, -0.2) is 0 Å². The van der Waals surface area contributed by atoms with E-state index < -0.39 is 0 Å². The molecule has 0 saturated carbocycles. The van der Waals surface area contributed by atoms with Crippen molar-refractivity contribution >= 4 is 21.4 Å². The Labute approximate surface area is 91.6 Å². The van der Waals surface area contributed by atoms with E-state index in [1.807, 2.05) is 39.0 Å². The maximum absolute atomic E-state index is 2.20. The van der Waals surface area contributed by atoms with Crippen molar-refractivity contribution in [3.63, 3.8) is 0 Å². The topological polar surface area (TPSA) is 0 Å². The predicted octanol–water partition coefficient (Wildman–Crippen LogP) is 5.26. The summed E-state index contributed by atoms with van der Waals surface area (Å²) >= 11 is 1.81. The minimum Gasteiger partial charge on any atom is -0.144 e. The fraction of sp³-hybridized carbons (Fsp3) is 0.385. The zero-order valence-electron chi connectivity index (χ0n) is 9.79. The molecule has 78 valence electrons. The predicted molar refractivity (Wildman–Crippen MR) is 69.3 cm³/mol. The van der Waals surface area contributed by atoms with Crippen molar-refractivity contribution in [2.75, 3.05) is 0 Å². The van der Waals surface area contributed by atoms with Crippen LogP contribution in [0.5, 0.6) is 0 Å². The first-order chi connectivity index (χ1) is 6.88. The monoisotopic (exact) mass is 208 g/mol. The molecule has 1 aromatic heterocycles. The highest BCUT2D eigenvalue weighted by molar-refractivity contribution is 7.17. The number of thiophene rings is 1. The standard InChI is InChI=1S/C9H8S.2C2H6/c1-7-6-10-9-5-3-2-4-8(7)9;2*1-2/h2-6H,1H3;2*1-2H3. The Morgan fingerprint density at radius 3 is 2.07 bits per heavy atom. The Balaban J connectivity index is 0.000000379. The molecule has 0 saturated heterocycles. The molecule has 0 unspecified atom stereocenters. The summed E-state index contributed by atoms with van der Waals surface area (Å²) in [6.07, 6.45) is 0. The summed E-state index contributed by atoms with van der Waals surface area (Å²) in [6, 6.07) is 8.49. The molecule has 0 fully saturated rings. The van der Waals surface area contributed by atoms with Crippen molar-refractivity contribution in [3.05, 3.63) is 35.2 Å². The quantitative estimate of drug-likeness (QED) is 0.554. The molecule has 0 nitrogen and oxygen atoms in total. The normalized spacial score (nSPS) is 8.36. The number of hydrogen-bond acceptors (Lipinski definition) is 1. The Bertz CT molecular complexity index is 347. The van der Waals surface area contributed by atoms with E-state index in [4.69, 9.17) is 0 Å². The minimum absolute atomic E-state index is 1.39. The molecule has 0 aliphatic rings. The van der Waals surface area contributed by atoms with E-state index >= 15 is 0 Å². The number of benzene rings is 1. The largest absolute Gasteiger partial charge is 0.144 e. The van der Waals surface area contributed by atoms with Crippen molar-refractivity contribution in [1.29, 1.82) is 0 Å². The van der Waals surface area contributed by atoms with Crippen LogP contribution < -0.4 is 0 Å². The summed E-state index contributed by atoms with van der Waals surface area (Å²) in [5.41, 5.74) is 1.39. The molecule has 0 aliphatic carbocycles. The van der Waals surface area contributed by atoms with Gasteiger partial charge in [0.15, 0.2) is 0 Å². The summed E-state index contributed by atoms with van der Waals surface area (Å²) < 4.78 is 1.39. The van der Waals surface area contributed by atoms with E-state index in [2.05, 4.69) is 36.6 Å². The van der Waals surface area contributed by atoms with Gasteiger partial charge in [0.25, 0.3) is 0 Å². The maximum Gasteiger partial charge on any atom is 0.0345 e. The summed E-state index contributed by atoms with van der Waals surface area (Å²) in [5.74, 6) is 0. The minimum atomic E-state index is 1.39. The second-order valence-electron chi connectivity index (χ2n) is 2.41. The fourth-order valence-electron chi connectivity index (χ4n) is 1.11. The van der Waals surface area contributed by atoms with Gasteiger partial charge in [-0.3, -0.25) is 0 Å². The molecule has 0 atom stereocenters. The number of fused-ring (bicyclic) bond motifs is 1. The Morgan fingerprint density at radius 1 is 0.929 bits per heavy atom. The molecule has 2 aromatic rings. The SMILES string of the molecule is CC.CC.Cc1csc2ccccc12. The average Bonchev–Trinajstić information content (AvgIpc) is 2.67. The highest BCUT2D eigenvalue weighted by atomic mass is 32.1. The first-order valence-electron chi connectivity index (χ1n) is 5.31. The third kappa shape index (κ3) is 3.15. The number of aryl methyl sites for hydroxylation is 1. The average molecular weight is 208 g/mol. The van der Waals surface area contributed by atoms with Crippen LogP contribution in [0.25, 0.3) is 10.1 Å². The van der Waals surface area contributed by atoms with Gasteiger partial charge in [0, 0.05) is 4.70 Å². The van der Waals surface area contributed by atoms with Crippen molar-refractivity contribution < 1.29 is 0 Å². The van der Waals surface area contributed by atoms with Crippen LogP contribution in [0.3, 0.4) is 0 Å². The molecular weight excluding hydrogens is 188 g/mol. The Hall–Kier alpha value is -0.820. The highest BCUT2D eigenvalue weighted by Gasteiger charge is 1.95. The second kappa shape index (κ2) is 7.57. The molecule has 0 radical (unpaired) electrons. The Morgan fingerprint density at radius 2 is 1.50 bits per heavy atom. The van der Waals surface area contributed by atoms with Gasteiger partial charge >= 0.3 is 0 Å². The third-order valence-electron chi connectivity index (χ3n) is 1.67. The van der Waals surface area contributed by atoms with E-state index in [1.54, 1.807) is 0 Å². The summed E-state index contributed by atoms with van der Waals surface area (Å²) in [6.45, 7) is 10.2. The van der Waals surface area contributed by atoms with Crippen LogP contribution in [0.1, 0.15) is 33.3 Å². The third-order valence-corrected chi connectivity index (χ3v) is 2.76. The molecule has 0 bridgehead atoms. The fourth-order valence-corrected chi connectivity index (χ4v) is 2.05. The summed E-state index contributed by atoms with van der Waals surface area (Å²) in [4.78, 5) is 0. The first-order valence-corrected chi connectivity index (χ1v) is 6.19. The lowest BCUT2D eigenvalue weighted by Gasteiger charge is -1.86. The van der Waals surface area contributed by atoms with Crippen LogP contribution >= 0.6 is 11.3 Å². The van der Waals surface area contributed by atoms with Crippen LogP contribution in [-0.4, -0.2) is 0 Å². The maximum atomic E-state index is 2.20. The molecule has 14 heavy (non-hydrogen) atoms. The van der Waals surface area contributed by atoms with Gasteiger partial charge in [0.05, 0.1) is 0 Å². The van der Waals surface area contributed by atoms with Gasteiger partial charge in [0.2, 0.25) is 0 Å². The molecule has 2 rings (SSSR count). The van der Waals surface area contributed by atoms with Crippen LogP contribution in [0.2, 0.25) is 0 Å². The van der Waals surface area contributed by atoms with Crippen LogP contribution in [-0.2, 0) is 0 Å². The van der Waals surface area contributed by atoms with Gasteiger partial charge in [-0.05, 0) is 29.3 Å². The molecule has 0 amide bonds. The van der Waals surface area contributed by atoms with Gasteiger partial charge in [-0.15, -0.1) is 11.3 Å². The zero-order chi connectivity index (χ0) is 11.0. The molecular formula is C13H20S. The van der Waals surface area contributed by atoms with E-state index in [9.17, 15) is 0 Å². The van der Waals surface area contributed by atoms with Gasteiger partial charge < -0.3 is 0 Å². The van der Waals surface area contributed by atoms with E-state index in [-0.39, 0.29) is 0 Å². The van der Waals surface area contributed by atoms with E-state index in [1.165, 1.54) is 15.6 Å². The lowest BCUT2D eigenvalue weighted by molar-refractivity contribution is 1.50. The molecule has 1 heteroatoms. The Kier molecular flexibility index (Phi) is 7.13. The lowest BCUT2D eigenvalue weighted by atomic mass is 10.2. The molecule has 0 aliphatic heterocycles. The molecule has 1 aromatic carbocycles. The van der Waals surface area contributed by atoms with Crippen molar-refractivity contribution in [3.8, 4) is 0 Å². The van der Waals surface area contributed by atoms with Crippen LogP contribution in [0.15, 0.2) is 29.6 Å². The van der Waals surface area contributed by atoms with Crippen molar-refractivity contribution in [2.45, 2.75) is 34.6 Å². The number of rotatable bonds is 0. The van der Waals surface area contributed by atoms with Gasteiger partial charge in [0.1, 0.15) is 0 Å². The molecule has 0 N–H and O–H groups in total. The van der Waals surface area contributed by atoms with E-state index in [0.717, 1.165) is 0 Å². The number of hydrogen-bond donors (Lipinski definition) is 0. The van der Waals surface area contributed by atoms with Gasteiger partial charge in [-0.2, -0.15) is 0 Å². The van der Waals surface area contributed by atoms with Crippen molar-refractivity contribution in [1.82, 2.24) is 0 Å². The smallest absolute Gasteiger partial charge is 0.0345 e. The molecule has 1 heterocycles. The summed E-state index contributed by atoms with van der Waals surface area (Å²) in [5, 5.41) is 3.59. The highest BCUT2D eigenvalue weighted by Crippen LogP contribution is 2.24. The van der Waals surface area contributed by atoms with Crippen molar-refractivity contribution in [2.24, 2.45) is 0 Å². The summed E-state index contributed by atoms with van der Waals surface area (Å²) in [7, 11) is 0. The molecule has 0 spiro atoms.